The van der Waals surface area contributed by atoms with Gasteiger partial charge in [0.05, 0.1) is 14.2 Å². The summed E-state index contributed by atoms with van der Waals surface area (Å²) in [5.41, 5.74) is 0.671. The fourth-order valence-corrected chi connectivity index (χ4v) is 2.02. The summed E-state index contributed by atoms with van der Waals surface area (Å²) in [6, 6.07) is 5.33. The molecule has 1 aromatic carbocycles. The Morgan fingerprint density at radius 2 is 2.11 bits per heavy atom. The Kier molecular flexibility index (Phi) is 4.06. The van der Waals surface area contributed by atoms with Gasteiger partial charge in [-0.1, -0.05) is 0 Å². The Balaban J connectivity index is 2.41. The average molecular weight is 262 g/mol. The van der Waals surface area contributed by atoms with Crippen LogP contribution < -0.4 is 9.47 Å². The number of ether oxygens (including phenoxy) is 2. The maximum absolute atomic E-state index is 10.5. The molecule has 0 aliphatic heterocycles. The van der Waals surface area contributed by atoms with Crippen LogP contribution in [0.3, 0.4) is 0 Å². The van der Waals surface area contributed by atoms with Gasteiger partial charge in [0.15, 0.2) is 0 Å². The number of imidazole rings is 1. The summed E-state index contributed by atoms with van der Waals surface area (Å²) >= 11 is 0. The maximum Gasteiger partial charge on any atom is 0.142 e. The van der Waals surface area contributed by atoms with Gasteiger partial charge >= 0.3 is 0 Å². The van der Waals surface area contributed by atoms with Crippen LogP contribution in [-0.2, 0) is 6.54 Å². The molecule has 2 rings (SSSR count). The van der Waals surface area contributed by atoms with Crippen molar-refractivity contribution in [3.8, 4) is 11.5 Å². The van der Waals surface area contributed by atoms with Crippen LogP contribution in [0.25, 0.3) is 0 Å². The van der Waals surface area contributed by atoms with Crippen molar-refractivity contribution in [2.75, 3.05) is 14.2 Å². The van der Waals surface area contributed by atoms with Gasteiger partial charge in [0.25, 0.3) is 0 Å². The molecule has 1 N–H and O–H groups in total. The molecule has 2 aromatic rings. The minimum atomic E-state index is -0.823. The van der Waals surface area contributed by atoms with E-state index in [9.17, 15) is 5.11 Å². The average Bonchev–Trinajstić information content (AvgIpc) is 2.94. The normalized spacial score (nSPS) is 12.2. The summed E-state index contributed by atoms with van der Waals surface area (Å²) in [6.07, 6.45) is 2.70. The number of aliphatic hydroxyl groups excluding tert-OH is 1. The summed E-state index contributed by atoms with van der Waals surface area (Å²) < 4.78 is 12.3. The molecule has 1 aromatic heterocycles. The molecule has 19 heavy (non-hydrogen) atoms. The lowest BCUT2D eigenvalue weighted by molar-refractivity contribution is 0.199. The van der Waals surface area contributed by atoms with Crippen molar-refractivity contribution >= 4 is 0 Å². The first-order valence-corrected chi connectivity index (χ1v) is 6.12. The molecule has 0 spiro atoms. The van der Waals surface area contributed by atoms with Gasteiger partial charge in [0.1, 0.15) is 23.4 Å². The molecular formula is C14H18N2O3. The van der Waals surface area contributed by atoms with Crippen LogP contribution >= 0.6 is 0 Å². The predicted molar refractivity (Wildman–Crippen MR) is 71.5 cm³/mol. The van der Waals surface area contributed by atoms with Gasteiger partial charge < -0.3 is 19.1 Å². The molecule has 0 radical (unpaired) electrons. The SMILES string of the molecule is CCn1ccnc1[C@H](O)c1ccc(OC)cc1OC. The molecule has 1 atom stereocenters. The number of benzene rings is 1. The van der Waals surface area contributed by atoms with Crippen LogP contribution in [0.5, 0.6) is 11.5 Å². The van der Waals surface area contributed by atoms with Gasteiger partial charge in [-0.2, -0.15) is 0 Å². The van der Waals surface area contributed by atoms with Crippen LogP contribution in [0.15, 0.2) is 30.6 Å². The van der Waals surface area contributed by atoms with Gasteiger partial charge in [-0.3, -0.25) is 0 Å². The number of hydrogen-bond donors (Lipinski definition) is 1. The van der Waals surface area contributed by atoms with Gasteiger partial charge in [-0.25, -0.2) is 4.98 Å². The van der Waals surface area contributed by atoms with Crippen molar-refractivity contribution in [1.29, 1.82) is 0 Å². The van der Waals surface area contributed by atoms with Crippen LogP contribution in [0.4, 0.5) is 0 Å². The van der Waals surface area contributed by atoms with Crippen molar-refractivity contribution in [3.63, 3.8) is 0 Å². The van der Waals surface area contributed by atoms with E-state index in [2.05, 4.69) is 4.98 Å². The van der Waals surface area contributed by atoms with E-state index in [0.717, 1.165) is 6.54 Å². The lowest BCUT2D eigenvalue weighted by Crippen LogP contribution is -2.10. The summed E-state index contributed by atoms with van der Waals surface area (Å²) in [5.74, 6) is 1.87. The van der Waals surface area contributed by atoms with Gasteiger partial charge in [0.2, 0.25) is 0 Å². The van der Waals surface area contributed by atoms with E-state index >= 15 is 0 Å². The smallest absolute Gasteiger partial charge is 0.142 e. The lowest BCUT2D eigenvalue weighted by Gasteiger charge is -2.16. The zero-order valence-corrected chi connectivity index (χ0v) is 11.3. The van der Waals surface area contributed by atoms with Crippen molar-refractivity contribution in [2.45, 2.75) is 19.6 Å². The summed E-state index contributed by atoms with van der Waals surface area (Å²) in [7, 11) is 3.16. The number of methoxy groups -OCH3 is 2. The summed E-state index contributed by atoms with van der Waals surface area (Å²) in [5, 5.41) is 10.5. The van der Waals surface area contributed by atoms with Crippen molar-refractivity contribution < 1.29 is 14.6 Å². The second-order valence-electron chi connectivity index (χ2n) is 4.08. The van der Waals surface area contributed by atoms with Crippen molar-refractivity contribution in [1.82, 2.24) is 9.55 Å². The van der Waals surface area contributed by atoms with Gasteiger partial charge in [-0.15, -0.1) is 0 Å². The molecule has 0 aliphatic carbocycles. The molecule has 0 aliphatic rings. The molecular weight excluding hydrogens is 244 g/mol. The Morgan fingerprint density at radius 3 is 2.74 bits per heavy atom. The zero-order valence-electron chi connectivity index (χ0n) is 11.3. The minimum absolute atomic E-state index is 0.581. The first kappa shape index (κ1) is 13.4. The highest BCUT2D eigenvalue weighted by molar-refractivity contribution is 5.43. The molecule has 1 heterocycles. The summed E-state index contributed by atoms with van der Waals surface area (Å²) in [4.78, 5) is 4.21. The third-order valence-electron chi connectivity index (χ3n) is 3.07. The standard InChI is InChI=1S/C14H18N2O3/c1-4-16-8-7-15-14(16)13(17)11-6-5-10(18-2)9-12(11)19-3/h5-9,13,17H,4H2,1-3H3/t13-/m1/s1. The largest absolute Gasteiger partial charge is 0.497 e. The van der Waals surface area contributed by atoms with Crippen molar-refractivity contribution in [2.24, 2.45) is 0 Å². The van der Waals surface area contributed by atoms with Crippen LogP contribution in [0.1, 0.15) is 24.4 Å². The topological polar surface area (TPSA) is 56.5 Å². The van der Waals surface area contributed by atoms with E-state index in [4.69, 9.17) is 9.47 Å². The Hall–Kier alpha value is -2.01. The van der Waals surface area contributed by atoms with Crippen molar-refractivity contribution in [3.05, 3.63) is 42.0 Å². The fraction of sp³-hybridized carbons (Fsp3) is 0.357. The van der Waals surface area contributed by atoms with E-state index in [-0.39, 0.29) is 0 Å². The van der Waals surface area contributed by atoms with E-state index in [1.54, 1.807) is 38.6 Å². The molecule has 0 fully saturated rings. The maximum atomic E-state index is 10.5. The van der Waals surface area contributed by atoms with Crippen LogP contribution in [-0.4, -0.2) is 28.9 Å². The number of aromatic nitrogens is 2. The molecule has 0 amide bonds. The van der Waals surface area contributed by atoms with E-state index in [0.29, 0.717) is 22.9 Å². The minimum Gasteiger partial charge on any atom is -0.497 e. The molecule has 5 nitrogen and oxygen atoms in total. The van der Waals surface area contributed by atoms with Crippen LogP contribution in [0, 0.1) is 0 Å². The number of aliphatic hydroxyl groups is 1. The first-order chi connectivity index (χ1) is 9.21. The van der Waals surface area contributed by atoms with Gasteiger partial charge in [-0.05, 0) is 19.1 Å². The van der Waals surface area contributed by atoms with Crippen LogP contribution in [0.2, 0.25) is 0 Å². The third-order valence-corrected chi connectivity index (χ3v) is 3.07. The van der Waals surface area contributed by atoms with Gasteiger partial charge in [0, 0.05) is 30.6 Å². The quantitative estimate of drug-likeness (QED) is 0.895. The second-order valence-corrected chi connectivity index (χ2v) is 4.08. The molecule has 102 valence electrons. The Bertz CT molecular complexity index is 551. The number of hydrogen-bond acceptors (Lipinski definition) is 4. The number of nitrogens with zero attached hydrogens (tertiary/aromatic N) is 2. The Morgan fingerprint density at radius 1 is 1.32 bits per heavy atom. The molecule has 0 unspecified atom stereocenters. The molecule has 0 saturated carbocycles. The second kappa shape index (κ2) is 5.75. The van der Waals surface area contributed by atoms with E-state index < -0.39 is 6.10 Å². The highest BCUT2D eigenvalue weighted by Crippen LogP contribution is 2.32. The highest BCUT2D eigenvalue weighted by Gasteiger charge is 2.20. The molecule has 5 heteroatoms. The monoisotopic (exact) mass is 262 g/mol. The fourth-order valence-electron chi connectivity index (χ4n) is 2.02. The zero-order chi connectivity index (χ0) is 13.8. The molecule has 0 bridgehead atoms. The predicted octanol–water partition coefficient (Wildman–Crippen LogP) is 2.00. The number of aryl methyl sites for hydroxylation is 1. The molecule has 0 saturated heterocycles. The number of rotatable bonds is 5. The Labute approximate surface area is 112 Å². The summed E-state index contributed by atoms with van der Waals surface area (Å²) in [6.45, 7) is 2.76. The highest BCUT2D eigenvalue weighted by atomic mass is 16.5. The third kappa shape index (κ3) is 2.56. The first-order valence-electron chi connectivity index (χ1n) is 6.12. The van der Waals surface area contributed by atoms with E-state index in [1.807, 2.05) is 17.7 Å². The lowest BCUT2D eigenvalue weighted by atomic mass is 10.1. The van der Waals surface area contributed by atoms with E-state index in [1.165, 1.54) is 0 Å².